The topological polar surface area (TPSA) is 68.3 Å². The summed E-state index contributed by atoms with van der Waals surface area (Å²) >= 11 is 0. The second-order valence-electron chi connectivity index (χ2n) is 3.16. The molecule has 0 aromatic heterocycles. The Hall–Kier alpha value is 0.524. The number of carbonyl (C=O) groups excluding carboxylic acids is 4. The Morgan fingerprint density at radius 1 is 0.625 bits per heavy atom. The fourth-order valence-corrected chi connectivity index (χ4v) is 0.701. The number of carbonyl (C=O) groups is 4. The predicted octanol–water partition coefficient (Wildman–Crippen LogP) is 1.11. The largest absolute Gasteiger partial charge is 3.00 e. The summed E-state index contributed by atoms with van der Waals surface area (Å²) in [6, 6.07) is 0. The van der Waals surface area contributed by atoms with Crippen LogP contribution < -0.4 is 0 Å². The molecule has 0 saturated carbocycles. The van der Waals surface area contributed by atoms with Gasteiger partial charge in [0.05, 0.1) is 12.8 Å². The van der Waals surface area contributed by atoms with Crippen LogP contribution in [0.4, 0.5) is 0 Å². The van der Waals surface area contributed by atoms with Crippen LogP contribution in [-0.2, 0) is 36.2 Å². The molecule has 0 bridgehead atoms. The monoisotopic (exact) mass is 488 g/mol. The van der Waals surface area contributed by atoms with Gasteiger partial charge in [0.2, 0.25) is 0 Å². The third-order valence-corrected chi connectivity index (χ3v) is 0.996. The van der Waals surface area contributed by atoms with Gasteiger partial charge in [-0.15, -0.1) is 0 Å². The van der Waals surface area contributed by atoms with Gasteiger partial charge < -0.3 is 0 Å². The van der Waals surface area contributed by atoms with E-state index in [1.165, 1.54) is 27.7 Å². The minimum absolute atomic E-state index is 0. The normalized spacial score (nSPS) is 7.25. The molecule has 0 rings (SSSR count). The van der Waals surface area contributed by atoms with E-state index >= 15 is 0 Å². The van der Waals surface area contributed by atoms with Crippen molar-refractivity contribution >= 4 is 23.1 Å². The first-order chi connectivity index (χ1) is 6.25. The van der Waals surface area contributed by atoms with E-state index in [9.17, 15) is 19.2 Å². The quantitative estimate of drug-likeness (QED) is 0.440. The van der Waals surface area contributed by atoms with E-state index in [-0.39, 0.29) is 93.0 Å². The molecule has 87 valence electrons. The van der Waals surface area contributed by atoms with E-state index in [4.69, 9.17) is 0 Å². The first-order valence-electron chi connectivity index (χ1n) is 4.23. The zero-order valence-corrected chi connectivity index (χ0v) is 15.1. The Bertz CT molecular complexity index is 201. The summed E-state index contributed by atoms with van der Waals surface area (Å²) in [5.74, 6) is -0.250. The summed E-state index contributed by atoms with van der Waals surface area (Å²) in [6.45, 7) is 5.62. The van der Waals surface area contributed by atoms with E-state index in [0.29, 0.717) is 0 Å². The smallest absolute Gasteiger partial charge is 0.300 e. The Balaban J connectivity index is -0.0000000800. The first kappa shape index (κ1) is 25.4. The maximum Gasteiger partial charge on any atom is 3.00 e. The van der Waals surface area contributed by atoms with Gasteiger partial charge in [-0.3, -0.25) is 19.2 Å². The summed E-state index contributed by atoms with van der Waals surface area (Å²) < 4.78 is 0. The molecule has 0 N–H and O–H groups in total. The van der Waals surface area contributed by atoms with Gasteiger partial charge in [0.1, 0.15) is 23.1 Å². The fourth-order valence-electron chi connectivity index (χ4n) is 0.701. The van der Waals surface area contributed by atoms with E-state index in [1.54, 1.807) is 0 Å². The van der Waals surface area contributed by atoms with Crippen LogP contribution in [0.15, 0.2) is 0 Å². The Kier molecular flexibility index (Phi) is 24.6. The summed E-state index contributed by atoms with van der Waals surface area (Å²) in [6.07, 6.45) is 0.167. The molecule has 0 aliphatic rings. The third kappa shape index (κ3) is 36.6. The second kappa shape index (κ2) is 15.5. The summed E-state index contributed by atoms with van der Waals surface area (Å²) in [7, 11) is 0. The SMILES string of the molecule is CC(=O)CC(C)=O.CC(=O)CC(C)=O.[Fe+3].[Th+2]. The van der Waals surface area contributed by atoms with Crippen molar-refractivity contribution in [2.24, 2.45) is 0 Å². The van der Waals surface area contributed by atoms with Crippen LogP contribution in [0.1, 0.15) is 40.5 Å². The summed E-state index contributed by atoms with van der Waals surface area (Å²) in [5, 5.41) is 0. The molecule has 0 atom stereocenters. The number of hydrogen-bond acceptors (Lipinski definition) is 4. The van der Waals surface area contributed by atoms with Crippen molar-refractivity contribution in [3.05, 3.63) is 0 Å². The standard InChI is InChI=1S/2C5H8O2.Fe.Th/c2*1-4(6)3-5(2)7;;/h2*3H2,1-2H3;;/q;;+3;+2. The van der Waals surface area contributed by atoms with Gasteiger partial charge in [-0.05, 0) is 27.7 Å². The number of hydrogen-bond donors (Lipinski definition) is 0. The molecule has 0 unspecified atom stereocenters. The van der Waals surface area contributed by atoms with Crippen molar-refractivity contribution in [3.8, 4) is 0 Å². The zero-order valence-electron chi connectivity index (χ0n) is 9.90. The maximum atomic E-state index is 10.0. The summed E-state index contributed by atoms with van der Waals surface area (Å²) in [4.78, 5) is 40.1. The predicted molar refractivity (Wildman–Crippen MR) is 52.0 cm³/mol. The Labute approximate surface area is 138 Å². The third-order valence-electron chi connectivity index (χ3n) is 0.996. The molecule has 4 nitrogen and oxygen atoms in total. The zero-order chi connectivity index (χ0) is 11.7. The number of rotatable bonds is 4. The van der Waals surface area contributed by atoms with Gasteiger partial charge in [-0.25, -0.2) is 0 Å². The van der Waals surface area contributed by atoms with Crippen LogP contribution in [0.5, 0.6) is 0 Å². The van der Waals surface area contributed by atoms with Crippen LogP contribution in [0.2, 0.25) is 0 Å². The van der Waals surface area contributed by atoms with Crippen molar-refractivity contribution in [2.45, 2.75) is 40.5 Å². The van der Waals surface area contributed by atoms with Crippen molar-refractivity contribution < 1.29 is 76.2 Å². The van der Waals surface area contributed by atoms with Crippen molar-refractivity contribution in [1.82, 2.24) is 0 Å². The van der Waals surface area contributed by atoms with Gasteiger partial charge >= 0.3 is 57.0 Å². The fraction of sp³-hybridized carbons (Fsp3) is 0.600. The minimum atomic E-state index is -0.0625. The molecule has 0 aromatic carbocycles. The second-order valence-corrected chi connectivity index (χ2v) is 3.16. The van der Waals surface area contributed by atoms with Gasteiger partial charge in [-0.2, -0.15) is 0 Å². The maximum absolute atomic E-state index is 10.0. The molecule has 0 fully saturated rings. The van der Waals surface area contributed by atoms with Crippen LogP contribution in [0.25, 0.3) is 0 Å². The van der Waals surface area contributed by atoms with Crippen LogP contribution in [-0.4, -0.2) is 23.1 Å². The molecular formula is C10H16FeO4Th+5. The molecule has 0 aliphatic carbocycles. The molecule has 0 aliphatic heterocycles. The van der Waals surface area contributed by atoms with Gasteiger partial charge in [-0.1, -0.05) is 0 Å². The van der Waals surface area contributed by atoms with Gasteiger partial charge in [0, 0.05) is 0 Å². The van der Waals surface area contributed by atoms with Crippen LogP contribution >= 0.6 is 0 Å². The minimum Gasteiger partial charge on any atom is -0.300 e. The van der Waals surface area contributed by atoms with Crippen LogP contribution in [0.3, 0.4) is 0 Å². The van der Waals surface area contributed by atoms with E-state index in [2.05, 4.69) is 0 Å². The summed E-state index contributed by atoms with van der Waals surface area (Å²) in [5.41, 5.74) is 0. The first-order valence-corrected chi connectivity index (χ1v) is 4.23. The van der Waals surface area contributed by atoms with Gasteiger partial charge in [0.15, 0.2) is 0 Å². The average Bonchev–Trinajstić information content (AvgIpc) is 1.79. The van der Waals surface area contributed by atoms with E-state index in [1.807, 2.05) is 0 Å². The molecule has 0 amide bonds. The average molecular weight is 488 g/mol. The number of Topliss-reactive ketones (excluding diaryl/α,β-unsaturated/α-hetero) is 4. The molecule has 1 radical (unpaired) electrons. The molecule has 16 heavy (non-hydrogen) atoms. The van der Waals surface area contributed by atoms with Crippen molar-refractivity contribution in [3.63, 3.8) is 0 Å². The van der Waals surface area contributed by atoms with Gasteiger partial charge in [0.25, 0.3) is 0 Å². The van der Waals surface area contributed by atoms with Crippen molar-refractivity contribution in [2.75, 3.05) is 0 Å². The Morgan fingerprint density at radius 3 is 0.750 bits per heavy atom. The molecule has 0 heterocycles. The number of ketones is 4. The van der Waals surface area contributed by atoms with E-state index < -0.39 is 0 Å². The Morgan fingerprint density at radius 2 is 0.750 bits per heavy atom. The van der Waals surface area contributed by atoms with Crippen LogP contribution in [0, 0.1) is 39.9 Å². The molecule has 0 aromatic rings. The van der Waals surface area contributed by atoms with Crippen molar-refractivity contribution in [1.29, 1.82) is 0 Å². The molecule has 6 heteroatoms. The molecule has 0 saturated heterocycles. The van der Waals surface area contributed by atoms with E-state index in [0.717, 1.165) is 0 Å². The molecule has 0 spiro atoms. The molecular weight excluding hydrogens is 472 g/mol.